The molecule has 2 rings (SSSR count). The Balaban J connectivity index is 1.68. The predicted octanol–water partition coefficient (Wildman–Crippen LogP) is 2.60. The van der Waals surface area contributed by atoms with E-state index in [0.29, 0.717) is 23.9 Å². The summed E-state index contributed by atoms with van der Waals surface area (Å²) in [6, 6.07) is 0.963. The Morgan fingerprint density at radius 2 is 2.11 bits per heavy atom. The highest BCUT2D eigenvalue weighted by molar-refractivity contribution is 5.76. The molecule has 1 aliphatic carbocycles. The van der Waals surface area contributed by atoms with Crippen LogP contribution in [0.1, 0.15) is 65.2 Å². The van der Waals surface area contributed by atoms with Crippen molar-refractivity contribution in [2.24, 2.45) is 5.41 Å². The van der Waals surface area contributed by atoms with Crippen molar-refractivity contribution in [3.05, 3.63) is 0 Å². The Labute approximate surface area is 111 Å². The lowest BCUT2D eigenvalue weighted by atomic mass is 9.87. The Bertz CT molecular complexity index is 282. The Morgan fingerprint density at radius 3 is 2.72 bits per heavy atom. The van der Waals surface area contributed by atoms with Gasteiger partial charge in [0, 0.05) is 18.5 Å². The first-order valence-electron chi connectivity index (χ1n) is 7.61. The average Bonchev–Trinajstić information content (AvgIpc) is 2.68. The lowest BCUT2D eigenvalue weighted by molar-refractivity contribution is -0.122. The minimum atomic E-state index is 0.252. The molecular weight excluding hydrogens is 224 g/mol. The van der Waals surface area contributed by atoms with Gasteiger partial charge in [0.2, 0.25) is 5.91 Å². The Morgan fingerprint density at radius 1 is 1.28 bits per heavy atom. The molecule has 2 atom stereocenters. The molecule has 0 radical (unpaired) electrons. The first kappa shape index (κ1) is 13.9. The molecule has 2 fully saturated rings. The van der Waals surface area contributed by atoms with Crippen LogP contribution in [0.4, 0.5) is 0 Å². The molecule has 0 aromatic heterocycles. The molecule has 3 heteroatoms. The maximum Gasteiger partial charge on any atom is 0.220 e. The number of rotatable bonds is 4. The van der Waals surface area contributed by atoms with Crippen molar-refractivity contribution < 1.29 is 4.79 Å². The lowest BCUT2D eigenvalue weighted by Gasteiger charge is -2.28. The molecule has 104 valence electrons. The Hall–Kier alpha value is -0.570. The SMILES string of the molecule is CC1(C)CCCC1NC(=O)CCC1CCCCN1. The van der Waals surface area contributed by atoms with E-state index in [1.807, 2.05) is 0 Å². The van der Waals surface area contributed by atoms with Gasteiger partial charge in [-0.05, 0) is 44.1 Å². The smallest absolute Gasteiger partial charge is 0.220 e. The molecule has 0 spiro atoms. The fourth-order valence-electron chi connectivity index (χ4n) is 3.34. The molecule has 2 aliphatic rings. The molecule has 1 amide bonds. The van der Waals surface area contributed by atoms with Gasteiger partial charge in [0.15, 0.2) is 0 Å². The van der Waals surface area contributed by atoms with Gasteiger partial charge in [0.25, 0.3) is 0 Å². The van der Waals surface area contributed by atoms with E-state index in [-0.39, 0.29) is 5.91 Å². The van der Waals surface area contributed by atoms with Crippen molar-refractivity contribution in [3.63, 3.8) is 0 Å². The van der Waals surface area contributed by atoms with Gasteiger partial charge in [-0.15, -0.1) is 0 Å². The summed E-state index contributed by atoms with van der Waals surface area (Å²) in [6.45, 7) is 5.67. The molecule has 1 saturated heterocycles. The van der Waals surface area contributed by atoms with E-state index in [1.54, 1.807) is 0 Å². The normalized spacial score (nSPS) is 31.2. The highest BCUT2D eigenvalue weighted by Gasteiger charge is 2.35. The second kappa shape index (κ2) is 6.05. The van der Waals surface area contributed by atoms with Crippen LogP contribution in [0.25, 0.3) is 0 Å². The van der Waals surface area contributed by atoms with Crippen molar-refractivity contribution >= 4 is 5.91 Å². The Kier molecular flexibility index (Phi) is 4.66. The van der Waals surface area contributed by atoms with Gasteiger partial charge in [-0.2, -0.15) is 0 Å². The van der Waals surface area contributed by atoms with Crippen molar-refractivity contribution in [3.8, 4) is 0 Å². The van der Waals surface area contributed by atoms with Crippen LogP contribution in [0, 0.1) is 5.41 Å². The van der Waals surface area contributed by atoms with E-state index in [2.05, 4.69) is 24.5 Å². The molecule has 0 aromatic rings. The summed E-state index contributed by atoms with van der Waals surface area (Å²) in [7, 11) is 0. The molecular formula is C15H28N2O. The third-order valence-corrected chi connectivity index (χ3v) is 4.72. The van der Waals surface area contributed by atoms with Crippen molar-refractivity contribution in [1.29, 1.82) is 0 Å². The molecule has 2 unspecified atom stereocenters. The van der Waals surface area contributed by atoms with Crippen LogP contribution < -0.4 is 10.6 Å². The summed E-state index contributed by atoms with van der Waals surface area (Å²) in [6.07, 6.45) is 9.17. The molecule has 0 aromatic carbocycles. The van der Waals surface area contributed by atoms with E-state index in [1.165, 1.54) is 32.1 Å². The first-order chi connectivity index (χ1) is 8.58. The second-order valence-corrected chi connectivity index (χ2v) is 6.69. The summed E-state index contributed by atoms with van der Waals surface area (Å²) < 4.78 is 0. The molecule has 1 heterocycles. The predicted molar refractivity (Wildman–Crippen MR) is 74.4 cm³/mol. The molecule has 1 saturated carbocycles. The molecule has 0 bridgehead atoms. The van der Waals surface area contributed by atoms with Crippen LogP contribution in [0.5, 0.6) is 0 Å². The summed E-state index contributed by atoms with van der Waals surface area (Å²) in [4.78, 5) is 12.0. The van der Waals surface area contributed by atoms with Gasteiger partial charge in [0.05, 0.1) is 0 Å². The number of hydrogen-bond acceptors (Lipinski definition) is 2. The number of amides is 1. The summed E-state index contributed by atoms with van der Waals surface area (Å²) in [5.74, 6) is 0.252. The van der Waals surface area contributed by atoms with Gasteiger partial charge < -0.3 is 10.6 Å². The topological polar surface area (TPSA) is 41.1 Å². The first-order valence-corrected chi connectivity index (χ1v) is 7.61. The average molecular weight is 252 g/mol. The zero-order valence-corrected chi connectivity index (χ0v) is 11.9. The number of carbonyl (C=O) groups is 1. The lowest BCUT2D eigenvalue weighted by Crippen LogP contribution is -2.42. The van der Waals surface area contributed by atoms with Crippen LogP contribution in [0.3, 0.4) is 0 Å². The van der Waals surface area contributed by atoms with Crippen molar-refractivity contribution in [1.82, 2.24) is 10.6 Å². The molecule has 2 N–H and O–H groups in total. The monoisotopic (exact) mass is 252 g/mol. The number of carbonyl (C=O) groups excluding carboxylic acids is 1. The zero-order chi connectivity index (χ0) is 13.0. The third-order valence-electron chi connectivity index (χ3n) is 4.72. The standard InChI is InChI=1S/C15H28N2O/c1-15(2)10-5-7-13(15)17-14(18)9-8-12-6-3-4-11-16-12/h12-13,16H,3-11H2,1-2H3,(H,17,18). The minimum absolute atomic E-state index is 0.252. The molecule has 18 heavy (non-hydrogen) atoms. The fourth-order valence-corrected chi connectivity index (χ4v) is 3.34. The maximum atomic E-state index is 12.0. The third kappa shape index (κ3) is 3.71. The minimum Gasteiger partial charge on any atom is -0.353 e. The van der Waals surface area contributed by atoms with E-state index in [0.717, 1.165) is 19.4 Å². The van der Waals surface area contributed by atoms with Crippen LogP contribution >= 0.6 is 0 Å². The number of nitrogens with one attached hydrogen (secondary N) is 2. The van der Waals surface area contributed by atoms with Gasteiger partial charge in [-0.1, -0.05) is 26.7 Å². The van der Waals surface area contributed by atoms with E-state index >= 15 is 0 Å². The van der Waals surface area contributed by atoms with Crippen molar-refractivity contribution in [2.75, 3.05) is 6.54 Å². The van der Waals surface area contributed by atoms with E-state index in [4.69, 9.17) is 0 Å². The largest absolute Gasteiger partial charge is 0.353 e. The van der Waals surface area contributed by atoms with Gasteiger partial charge in [-0.3, -0.25) is 4.79 Å². The second-order valence-electron chi connectivity index (χ2n) is 6.69. The number of hydrogen-bond donors (Lipinski definition) is 2. The summed E-state index contributed by atoms with van der Waals surface area (Å²) >= 11 is 0. The van der Waals surface area contributed by atoms with Crippen LogP contribution in [-0.4, -0.2) is 24.5 Å². The quantitative estimate of drug-likeness (QED) is 0.807. The van der Waals surface area contributed by atoms with Crippen LogP contribution in [0.2, 0.25) is 0 Å². The zero-order valence-electron chi connectivity index (χ0n) is 11.9. The van der Waals surface area contributed by atoms with Crippen LogP contribution in [-0.2, 0) is 4.79 Å². The van der Waals surface area contributed by atoms with E-state index in [9.17, 15) is 4.79 Å². The molecule has 1 aliphatic heterocycles. The highest BCUT2D eigenvalue weighted by atomic mass is 16.1. The molecule has 3 nitrogen and oxygen atoms in total. The fraction of sp³-hybridized carbons (Fsp3) is 0.933. The van der Waals surface area contributed by atoms with Gasteiger partial charge >= 0.3 is 0 Å². The maximum absolute atomic E-state index is 12.0. The van der Waals surface area contributed by atoms with Gasteiger partial charge in [-0.25, -0.2) is 0 Å². The van der Waals surface area contributed by atoms with Crippen LogP contribution in [0.15, 0.2) is 0 Å². The van der Waals surface area contributed by atoms with Gasteiger partial charge in [0.1, 0.15) is 0 Å². The summed E-state index contributed by atoms with van der Waals surface area (Å²) in [5.41, 5.74) is 0.290. The van der Waals surface area contributed by atoms with E-state index < -0.39 is 0 Å². The van der Waals surface area contributed by atoms with Crippen molar-refractivity contribution in [2.45, 2.75) is 77.3 Å². The summed E-state index contributed by atoms with van der Waals surface area (Å²) in [5, 5.41) is 6.75. The number of piperidine rings is 1. The highest BCUT2D eigenvalue weighted by Crippen LogP contribution is 2.37.